The molecule has 0 amide bonds. The van der Waals surface area contributed by atoms with E-state index in [2.05, 4.69) is 48.2 Å². The fraction of sp³-hybridized carbons (Fsp3) is 0.115. The second kappa shape index (κ2) is 8.61. The molecule has 144 valence electrons. The Hall–Kier alpha value is -3.59. The van der Waals surface area contributed by atoms with Gasteiger partial charge in [0, 0.05) is 24.2 Å². The number of ketones is 1. The maximum Gasteiger partial charge on any atom is 0.221 e. The Kier molecular flexibility index (Phi) is 5.57. The minimum atomic E-state index is -0.135. The molecular weight excluding hydrogens is 358 g/mol. The zero-order chi connectivity index (χ0) is 20.1. The van der Waals surface area contributed by atoms with E-state index < -0.39 is 0 Å². The number of rotatable bonds is 7. The quantitative estimate of drug-likeness (QED) is 0.276. The summed E-state index contributed by atoms with van der Waals surface area (Å²) in [6.45, 7) is 3.95. The molecule has 0 aliphatic rings. The third kappa shape index (κ3) is 4.46. The molecular formula is C26H23NO2. The molecule has 0 atom stereocenters. The van der Waals surface area contributed by atoms with Crippen molar-refractivity contribution in [1.29, 1.82) is 0 Å². The zero-order valence-electron chi connectivity index (χ0n) is 16.4. The van der Waals surface area contributed by atoms with Crippen LogP contribution in [0.25, 0.3) is 17.0 Å². The third-order valence-electron chi connectivity index (χ3n) is 4.95. The summed E-state index contributed by atoms with van der Waals surface area (Å²) in [7, 11) is 0. The maximum absolute atomic E-state index is 12.4. The number of carbonyl (C=O) groups is 1. The van der Waals surface area contributed by atoms with Gasteiger partial charge in [0.05, 0.1) is 0 Å². The summed E-state index contributed by atoms with van der Waals surface area (Å²) in [4.78, 5) is 14.7. The molecule has 0 saturated carbocycles. The van der Waals surface area contributed by atoms with Crippen molar-refractivity contribution in [2.45, 2.75) is 13.5 Å². The van der Waals surface area contributed by atoms with E-state index in [0.29, 0.717) is 5.76 Å². The minimum absolute atomic E-state index is 0.135. The Morgan fingerprint density at radius 1 is 0.931 bits per heavy atom. The first kappa shape index (κ1) is 18.8. The molecule has 0 aliphatic heterocycles. The van der Waals surface area contributed by atoms with Gasteiger partial charge < -0.3 is 9.32 Å². The summed E-state index contributed by atoms with van der Waals surface area (Å²) in [6.07, 6.45) is 3.39. The molecule has 3 heteroatoms. The smallest absolute Gasteiger partial charge is 0.221 e. The molecule has 0 fully saturated rings. The minimum Gasteiger partial charge on any atom is -0.453 e. The Morgan fingerprint density at radius 2 is 1.66 bits per heavy atom. The lowest BCUT2D eigenvalue weighted by atomic mass is 10.1. The predicted octanol–water partition coefficient (Wildman–Crippen LogP) is 6.36. The van der Waals surface area contributed by atoms with Gasteiger partial charge in [-0.15, -0.1) is 0 Å². The number of hydrogen-bond acceptors (Lipinski definition) is 3. The van der Waals surface area contributed by atoms with Gasteiger partial charge in [0.1, 0.15) is 5.58 Å². The van der Waals surface area contributed by atoms with Crippen molar-refractivity contribution in [2.75, 3.05) is 11.4 Å². The number of furan rings is 1. The fourth-order valence-corrected chi connectivity index (χ4v) is 3.34. The van der Waals surface area contributed by atoms with Crippen molar-refractivity contribution in [2.24, 2.45) is 0 Å². The summed E-state index contributed by atoms with van der Waals surface area (Å²) < 4.78 is 5.63. The van der Waals surface area contributed by atoms with Gasteiger partial charge in [-0.1, -0.05) is 66.7 Å². The molecule has 4 rings (SSSR count). The number of nitrogens with zero attached hydrogens (tertiary/aromatic N) is 1. The molecule has 0 N–H and O–H groups in total. The van der Waals surface area contributed by atoms with Crippen LogP contribution in [-0.4, -0.2) is 12.3 Å². The molecule has 0 spiro atoms. The van der Waals surface area contributed by atoms with Crippen molar-refractivity contribution < 1.29 is 9.21 Å². The van der Waals surface area contributed by atoms with Crippen LogP contribution < -0.4 is 4.90 Å². The van der Waals surface area contributed by atoms with E-state index in [4.69, 9.17) is 4.42 Å². The summed E-state index contributed by atoms with van der Waals surface area (Å²) in [5, 5.41) is 0.937. The lowest BCUT2D eigenvalue weighted by Gasteiger charge is -2.23. The van der Waals surface area contributed by atoms with Crippen LogP contribution in [0.3, 0.4) is 0 Å². The van der Waals surface area contributed by atoms with Crippen LogP contribution in [0.5, 0.6) is 0 Å². The number of para-hydroxylation sites is 1. The Balaban J connectivity index is 1.44. The zero-order valence-corrected chi connectivity index (χ0v) is 16.4. The van der Waals surface area contributed by atoms with E-state index in [9.17, 15) is 4.79 Å². The van der Waals surface area contributed by atoms with E-state index in [1.165, 1.54) is 5.56 Å². The highest BCUT2D eigenvalue weighted by Gasteiger charge is 2.09. The van der Waals surface area contributed by atoms with Crippen LogP contribution in [0, 0.1) is 0 Å². The molecule has 1 heterocycles. The summed E-state index contributed by atoms with van der Waals surface area (Å²) in [6, 6.07) is 28.1. The summed E-state index contributed by atoms with van der Waals surface area (Å²) in [5.74, 6) is 0.226. The summed E-state index contributed by atoms with van der Waals surface area (Å²) in [5.41, 5.74) is 4.16. The first-order valence-corrected chi connectivity index (χ1v) is 9.83. The van der Waals surface area contributed by atoms with E-state index in [1.807, 2.05) is 48.5 Å². The van der Waals surface area contributed by atoms with Gasteiger partial charge in [-0.3, -0.25) is 4.79 Å². The van der Waals surface area contributed by atoms with E-state index in [1.54, 1.807) is 12.1 Å². The lowest BCUT2D eigenvalue weighted by Crippen LogP contribution is -2.21. The number of allylic oxidation sites excluding steroid dienone is 1. The van der Waals surface area contributed by atoms with Crippen molar-refractivity contribution in [1.82, 2.24) is 0 Å². The second-order valence-corrected chi connectivity index (χ2v) is 6.94. The van der Waals surface area contributed by atoms with E-state index in [0.717, 1.165) is 35.3 Å². The van der Waals surface area contributed by atoms with Crippen molar-refractivity contribution in [3.8, 4) is 0 Å². The highest BCUT2D eigenvalue weighted by Crippen LogP contribution is 2.21. The largest absolute Gasteiger partial charge is 0.453 e. The molecule has 4 aromatic rings. The average molecular weight is 381 g/mol. The SMILES string of the molecule is CCN(Cc1ccccc1)c1ccc(/C=C/C(=O)c2cc3ccccc3o2)cc1. The molecule has 0 unspecified atom stereocenters. The molecule has 3 nitrogen and oxygen atoms in total. The van der Waals surface area contributed by atoms with Gasteiger partial charge in [0.2, 0.25) is 5.78 Å². The first-order valence-electron chi connectivity index (χ1n) is 9.83. The molecule has 0 bridgehead atoms. The predicted molar refractivity (Wildman–Crippen MR) is 119 cm³/mol. The van der Waals surface area contributed by atoms with Gasteiger partial charge >= 0.3 is 0 Å². The van der Waals surface area contributed by atoms with Gasteiger partial charge in [-0.2, -0.15) is 0 Å². The topological polar surface area (TPSA) is 33.5 Å². The fourth-order valence-electron chi connectivity index (χ4n) is 3.34. The molecule has 1 aromatic heterocycles. The highest BCUT2D eigenvalue weighted by atomic mass is 16.3. The third-order valence-corrected chi connectivity index (χ3v) is 4.95. The normalized spacial score (nSPS) is 11.2. The number of fused-ring (bicyclic) bond motifs is 1. The second-order valence-electron chi connectivity index (χ2n) is 6.94. The molecule has 0 saturated heterocycles. The monoisotopic (exact) mass is 381 g/mol. The highest BCUT2D eigenvalue weighted by molar-refractivity contribution is 6.06. The molecule has 0 radical (unpaired) electrons. The van der Waals surface area contributed by atoms with Crippen LogP contribution in [0.15, 0.2) is 95.4 Å². The van der Waals surface area contributed by atoms with Crippen LogP contribution in [0.2, 0.25) is 0 Å². The molecule has 29 heavy (non-hydrogen) atoms. The first-order chi connectivity index (χ1) is 14.2. The van der Waals surface area contributed by atoms with Gasteiger partial charge in [-0.25, -0.2) is 0 Å². The van der Waals surface area contributed by atoms with Crippen LogP contribution in [0.4, 0.5) is 5.69 Å². The van der Waals surface area contributed by atoms with E-state index >= 15 is 0 Å². The van der Waals surface area contributed by atoms with Crippen LogP contribution in [0.1, 0.15) is 28.6 Å². The van der Waals surface area contributed by atoms with E-state index in [-0.39, 0.29) is 5.78 Å². The maximum atomic E-state index is 12.4. The van der Waals surface area contributed by atoms with Crippen LogP contribution >= 0.6 is 0 Å². The summed E-state index contributed by atoms with van der Waals surface area (Å²) >= 11 is 0. The molecule has 3 aromatic carbocycles. The number of hydrogen-bond donors (Lipinski definition) is 0. The van der Waals surface area contributed by atoms with Crippen molar-refractivity contribution in [3.63, 3.8) is 0 Å². The number of benzene rings is 3. The van der Waals surface area contributed by atoms with Gasteiger partial charge in [-0.05, 0) is 48.4 Å². The van der Waals surface area contributed by atoms with Crippen LogP contribution in [-0.2, 0) is 6.54 Å². The lowest BCUT2D eigenvalue weighted by molar-refractivity contribution is 0.102. The standard InChI is InChI=1S/C26H23NO2/c1-2-27(19-21-8-4-3-5-9-21)23-15-12-20(13-16-23)14-17-24(28)26-18-22-10-6-7-11-25(22)29-26/h3-18H,2,19H2,1H3/b17-14+. The number of anilines is 1. The Bertz CT molecular complexity index is 1090. The Labute approximate surface area is 170 Å². The Morgan fingerprint density at radius 3 is 2.38 bits per heavy atom. The molecule has 0 aliphatic carbocycles. The van der Waals surface area contributed by atoms with Crippen molar-refractivity contribution >= 4 is 28.5 Å². The van der Waals surface area contributed by atoms with Gasteiger partial charge in [0.15, 0.2) is 5.76 Å². The van der Waals surface area contributed by atoms with Gasteiger partial charge in [0.25, 0.3) is 0 Å². The van der Waals surface area contributed by atoms with Crippen molar-refractivity contribution in [3.05, 3.63) is 108 Å². The number of carbonyl (C=O) groups excluding carboxylic acids is 1. The average Bonchev–Trinajstić information content (AvgIpc) is 3.21.